The summed E-state index contributed by atoms with van der Waals surface area (Å²) in [6, 6.07) is 58.6. The van der Waals surface area contributed by atoms with Crippen LogP contribution in [0.5, 0.6) is 0 Å². The second-order valence-electron chi connectivity index (χ2n) is 13.0. The van der Waals surface area contributed by atoms with Crippen LogP contribution in [-0.2, 0) is 5.41 Å². The normalized spacial score (nSPS) is 13.2. The molecule has 0 unspecified atom stereocenters. The molecule has 8 aromatic carbocycles. The van der Waals surface area contributed by atoms with Crippen LogP contribution in [-0.4, -0.2) is 0 Å². The van der Waals surface area contributed by atoms with Crippen molar-refractivity contribution >= 4 is 32.3 Å². The van der Waals surface area contributed by atoms with Gasteiger partial charge in [-0.3, -0.25) is 0 Å². The topological polar surface area (TPSA) is 0 Å². The Morgan fingerprint density at radius 1 is 0.362 bits per heavy atom. The summed E-state index contributed by atoms with van der Waals surface area (Å²) in [4.78, 5) is 0. The first kappa shape index (κ1) is 27.8. The summed E-state index contributed by atoms with van der Waals surface area (Å²) in [5.41, 5.74) is 13.2. The summed E-state index contributed by atoms with van der Waals surface area (Å²) in [5, 5.41) is 8.29. The van der Waals surface area contributed by atoms with Crippen LogP contribution < -0.4 is 0 Å². The SMILES string of the molecule is CCC1(CC)c2cc(-c3ccccc3)c(-c3ccccc3)c3c4ccccc4c4c(-c5ccccc5)c(-c5ccccc5)cc1c4c23. The van der Waals surface area contributed by atoms with Crippen LogP contribution in [0.3, 0.4) is 0 Å². The molecule has 0 aromatic heterocycles. The van der Waals surface area contributed by atoms with Gasteiger partial charge in [0.25, 0.3) is 0 Å². The first-order valence-corrected chi connectivity index (χ1v) is 17.0. The molecule has 9 rings (SSSR count). The average molecular weight is 601 g/mol. The van der Waals surface area contributed by atoms with Crippen LogP contribution >= 0.6 is 0 Å². The third-order valence-electron chi connectivity index (χ3n) is 10.9. The molecule has 0 nitrogen and oxygen atoms in total. The predicted octanol–water partition coefficient (Wildman–Crippen LogP) is 13.2. The summed E-state index contributed by atoms with van der Waals surface area (Å²) >= 11 is 0. The van der Waals surface area contributed by atoms with E-state index in [4.69, 9.17) is 0 Å². The molecule has 0 spiro atoms. The minimum absolute atomic E-state index is 0.103. The van der Waals surface area contributed by atoms with Gasteiger partial charge >= 0.3 is 0 Å². The van der Waals surface area contributed by atoms with E-state index in [1.54, 1.807) is 0 Å². The zero-order valence-corrected chi connectivity index (χ0v) is 26.9. The number of rotatable bonds is 6. The van der Waals surface area contributed by atoms with Gasteiger partial charge in [0.05, 0.1) is 0 Å². The Kier molecular flexibility index (Phi) is 6.40. The van der Waals surface area contributed by atoms with Crippen LogP contribution in [0.15, 0.2) is 158 Å². The van der Waals surface area contributed by atoms with Gasteiger partial charge in [-0.2, -0.15) is 0 Å². The lowest BCUT2D eigenvalue weighted by molar-refractivity contribution is 0.492. The third-order valence-corrected chi connectivity index (χ3v) is 10.9. The molecule has 0 aliphatic heterocycles. The molecule has 0 heteroatoms. The Morgan fingerprint density at radius 3 is 1.02 bits per heavy atom. The fourth-order valence-electron chi connectivity index (χ4n) is 8.75. The van der Waals surface area contributed by atoms with E-state index >= 15 is 0 Å². The van der Waals surface area contributed by atoms with E-state index in [0.29, 0.717) is 0 Å². The van der Waals surface area contributed by atoms with Gasteiger partial charge in [-0.25, -0.2) is 0 Å². The van der Waals surface area contributed by atoms with Crippen molar-refractivity contribution in [2.75, 3.05) is 0 Å². The minimum atomic E-state index is -0.103. The largest absolute Gasteiger partial charge is 0.0642 e. The van der Waals surface area contributed by atoms with E-state index in [9.17, 15) is 0 Å². The van der Waals surface area contributed by atoms with E-state index in [1.165, 1.54) is 88.0 Å². The minimum Gasteiger partial charge on any atom is -0.0642 e. The highest BCUT2D eigenvalue weighted by atomic mass is 14.4. The predicted molar refractivity (Wildman–Crippen MR) is 202 cm³/mol. The number of benzene rings is 8. The third kappa shape index (κ3) is 3.95. The first-order valence-electron chi connectivity index (χ1n) is 17.0. The van der Waals surface area contributed by atoms with E-state index in [2.05, 4.69) is 172 Å². The second kappa shape index (κ2) is 10.8. The van der Waals surface area contributed by atoms with Gasteiger partial charge in [0.1, 0.15) is 0 Å². The van der Waals surface area contributed by atoms with Gasteiger partial charge in [-0.05, 0) is 113 Å². The molecule has 47 heavy (non-hydrogen) atoms. The molecule has 0 bridgehead atoms. The van der Waals surface area contributed by atoms with Gasteiger partial charge in [-0.15, -0.1) is 0 Å². The molecule has 8 aromatic rings. The molecular formula is C47H36. The number of hydrogen-bond donors (Lipinski definition) is 0. The molecule has 0 heterocycles. The highest BCUT2D eigenvalue weighted by molar-refractivity contribution is 6.36. The highest BCUT2D eigenvalue weighted by Crippen LogP contribution is 2.60. The monoisotopic (exact) mass is 600 g/mol. The Morgan fingerprint density at radius 2 is 0.681 bits per heavy atom. The molecular weight excluding hydrogens is 565 g/mol. The summed E-state index contributed by atoms with van der Waals surface area (Å²) in [5.74, 6) is 0. The molecule has 224 valence electrons. The van der Waals surface area contributed by atoms with Crippen molar-refractivity contribution in [2.45, 2.75) is 32.1 Å². The molecule has 0 N–H and O–H groups in total. The van der Waals surface area contributed by atoms with Gasteiger partial charge in [0.15, 0.2) is 0 Å². The van der Waals surface area contributed by atoms with Crippen LogP contribution in [0.2, 0.25) is 0 Å². The van der Waals surface area contributed by atoms with Gasteiger partial charge in [-0.1, -0.05) is 159 Å². The average Bonchev–Trinajstić information content (AvgIpc) is 3.44. The van der Waals surface area contributed by atoms with Crippen molar-refractivity contribution in [3.63, 3.8) is 0 Å². The quantitative estimate of drug-likeness (QED) is 0.167. The molecule has 0 fully saturated rings. The van der Waals surface area contributed by atoms with Crippen molar-refractivity contribution in [1.29, 1.82) is 0 Å². The second-order valence-corrected chi connectivity index (χ2v) is 13.0. The molecule has 0 saturated carbocycles. The van der Waals surface area contributed by atoms with Crippen molar-refractivity contribution < 1.29 is 0 Å². The van der Waals surface area contributed by atoms with Crippen LogP contribution in [0.25, 0.3) is 76.8 Å². The zero-order chi connectivity index (χ0) is 31.5. The van der Waals surface area contributed by atoms with Crippen molar-refractivity contribution in [1.82, 2.24) is 0 Å². The molecule has 0 atom stereocenters. The summed E-state index contributed by atoms with van der Waals surface area (Å²) in [7, 11) is 0. The summed E-state index contributed by atoms with van der Waals surface area (Å²) < 4.78 is 0. The number of hydrogen-bond acceptors (Lipinski definition) is 0. The summed E-state index contributed by atoms with van der Waals surface area (Å²) in [6.07, 6.45) is 2.08. The Hall–Kier alpha value is -5.46. The lowest BCUT2D eigenvalue weighted by atomic mass is 9.71. The Labute approximate surface area is 277 Å². The van der Waals surface area contributed by atoms with Crippen molar-refractivity contribution in [3.8, 4) is 44.5 Å². The van der Waals surface area contributed by atoms with Crippen LogP contribution in [0.4, 0.5) is 0 Å². The van der Waals surface area contributed by atoms with Crippen molar-refractivity contribution in [3.05, 3.63) is 169 Å². The standard InChI is InChI=1S/C47H36/c1-3-47(4-2)39-29-37(31-19-9-5-10-20-31)41(33-23-13-7-14-24-33)43-35-27-17-18-28-36(35)44-42(34-25-15-8-16-26-34)38(32-21-11-6-12-22-32)30-40(47)46(44)45(39)43/h5-30H,3-4H2,1-2H3. The first-order chi connectivity index (χ1) is 23.2. The van der Waals surface area contributed by atoms with Gasteiger partial charge < -0.3 is 0 Å². The lowest BCUT2D eigenvalue weighted by Gasteiger charge is -2.31. The van der Waals surface area contributed by atoms with Crippen LogP contribution in [0.1, 0.15) is 37.8 Å². The maximum Gasteiger partial charge on any atom is 0.0210 e. The molecule has 0 saturated heterocycles. The molecule has 1 aliphatic rings. The molecule has 1 aliphatic carbocycles. The van der Waals surface area contributed by atoms with E-state index < -0.39 is 0 Å². The van der Waals surface area contributed by atoms with Crippen LogP contribution in [0, 0.1) is 0 Å². The van der Waals surface area contributed by atoms with Gasteiger partial charge in [0.2, 0.25) is 0 Å². The lowest BCUT2D eigenvalue weighted by Crippen LogP contribution is -2.23. The molecule has 0 radical (unpaired) electrons. The maximum absolute atomic E-state index is 2.57. The number of fused-ring (bicyclic) bond motifs is 3. The Balaban J connectivity index is 1.60. The summed E-state index contributed by atoms with van der Waals surface area (Å²) in [6.45, 7) is 4.79. The fraction of sp³-hybridized carbons (Fsp3) is 0.106. The van der Waals surface area contributed by atoms with Crippen molar-refractivity contribution in [2.24, 2.45) is 0 Å². The fourth-order valence-corrected chi connectivity index (χ4v) is 8.75. The molecule has 0 amide bonds. The smallest absolute Gasteiger partial charge is 0.0210 e. The Bertz CT molecular complexity index is 2260. The van der Waals surface area contributed by atoms with Gasteiger partial charge in [0, 0.05) is 5.41 Å². The maximum atomic E-state index is 2.57. The van der Waals surface area contributed by atoms with E-state index in [0.717, 1.165) is 12.8 Å². The highest BCUT2D eigenvalue weighted by Gasteiger charge is 2.42. The van der Waals surface area contributed by atoms with E-state index in [1.807, 2.05) is 0 Å². The zero-order valence-electron chi connectivity index (χ0n) is 26.9. The van der Waals surface area contributed by atoms with E-state index in [-0.39, 0.29) is 5.41 Å².